The van der Waals surface area contributed by atoms with Crippen molar-refractivity contribution in [3.63, 3.8) is 0 Å². The predicted molar refractivity (Wildman–Crippen MR) is 65.2 cm³/mol. The first-order valence-corrected chi connectivity index (χ1v) is 5.83. The Kier molecular flexibility index (Phi) is 3.46. The fourth-order valence-electron chi connectivity index (χ4n) is 2.05. The van der Waals surface area contributed by atoms with E-state index in [4.69, 9.17) is 5.11 Å². The van der Waals surface area contributed by atoms with Gasteiger partial charge in [0.05, 0.1) is 0 Å². The Morgan fingerprint density at radius 1 is 1.47 bits per heavy atom. The lowest BCUT2D eigenvalue weighted by molar-refractivity contribution is 0.134. The number of hydrogen-bond acceptors (Lipinski definition) is 3. The lowest BCUT2D eigenvalue weighted by Crippen LogP contribution is -2.41. The highest BCUT2D eigenvalue weighted by Crippen LogP contribution is 2.15. The zero-order valence-electron chi connectivity index (χ0n) is 9.89. The van der Waals surface area contributed by atoms with Crippen LogP contribution in [0, 0.1) is 6.92 Å². The minimum atomic E-state index is -0.822. The second-order valence-electron chi connectivity index (χ2n) is 4.35. The van der Waals surface area contributed by atoms with E-state index >= 15 is 0 Å². The maximum Gasteiger partial charge on any atom is 0.407 e. The zero-order valence-corrected chi connectivity index (χ0v) is 9.89. The number of piperidine rings is 1. The molecule has 92 valence electrons. The average molecular weight is 235 g/mol. The minimum absolute atomic E-state index is 0.319. The molecule has 5 heteroatoms. The summed E-state index contributed by atoms with van der Waals surface area (Å²) in [6.07, 6.45) is 0.848. The van der Waals surface area contributed by atoms with Crippen molar-refractivity contribution in [2.24, 2.45) is 0 Å². The van der Waals surface area contributed by atoms with Crippen LogP contribution in [-0.4, -0.2) is 40.2 Å². The fourth-order valence-corrected chi connectivity index (χ4v) is 2.05. The second kappa shape index (κ2) is 5.03. The molecule has 0 bridgehead atoms. The molecule has 0 aromatic carbocycles. The standard InChI is InChI=1S/C12H17N3O2/c1-9-3-2-4-11(13-9)14-10-5-7-15(8-6-10)12(16)17/h2-4,10H,5-8H2,1H3,(H,13,14)(H,16,17). The van der Waals surface area contributed by atoms with Gasteiger partial charge in [-0.3, -0.25) is 0 Å². The maximum absolute atomic E-state index is 10.8. The molecule has 17 heavy (non-hydrogen) atoms. The number of anilines is 1. The molecule has 0 saturated carbocycles. The van der Waals surface area contributed by atoms with Crippen molar-refractivity contribution in [3.8, 4) is 0 Å². The van der Waals surface area contributed by atoms with Gasteiger partial charge in [0.25, 0.3) is 0 Å². The summed E-state index contributed by atoms with van der Waals surface area (Å²) in [5, 5.41) is 12.2. The SMILES string of the molecule is Cc1cccc(NC2CCN(C(=O)O)CC2)n1. The quantitative estimate of drug-likeness (QED) is 0.822. The molecule has 1 saturated heterocycles. The molecule has 2 rings (SSSR count). The Labute approximate surface area is 100 Å². The molecular formula is C12H17N3O2. The van der Waals surface area contributed by atoms with E-state index in [1.165, 1.54) is 4.90 Å². The van der Waals surface area contributed by atoms with Gasteiger partial charge >= 0.3 is 6.09 Å². The van der Waals surface area contributed by atoms with Gasteiger partial charge < -0.3 is 15.3 Å². The lowest BCUT2D eigenvalue weighted by atomic mass is 10.1. The predicted octanol–water partition coefficient (Wildman–Crippen LogP) is 1.94. The van der Waals surface area contributed by atoms with E-state index < -0.39 is 6.09 Å². The van der Waals surface area contributed by atoms with E-state index in [2.05, 4.69) is 10.3 Å². The molecular weight excluding hydrogens is 218 g/mol. The maximum atomic E-state index is 10.8. The van der Waals surface area contributed by atoms with E-state index in [-0.39, 0.29) is 0 Å². The second-order valence-corrected chi connectivity index (χ2v) is 4.35. The van der Waals surface area contributed by atoms with Crippen LogP contribution >= 0.6 is 0 Å². The number of likely N-dealkylation sites (tertiary alicyclic amines) is 1. The molecule has 1 aromatic heterocycles. The van der Waals surface area contributed by atoms with Gasteiger partial charge in [-0.15, -0.1) is 0 Å². The molecule has 1 fully saturated rings. The van der Waals surface area contributed by atoms with Crippen LogP contribution in [0.25, 0.3) is 0 Å². The normalized spacial score (nSPS) is 16.9. The number of rotatable bonds is 2. The van der Waals surface area contributed by atoms with Gasteiger partial charge in [0.2, 0.25) is 0 Å². The van der Waals surface area contributed by atoms with Gasteiger partial charge in [0.1, 0.15) is 5.82 Å². The third kappa shape index (κ3) is 3.09. The van der Waals surface area contributed by atoms with Crippen molar-refractivity contribution in [1.29, 1.82) is 0 Å². The topological polar surface area (TPSA) is 65.5 Å². The number of nitrogens with zero attached hydrogens (tertiary/aromatic N) is 2. The van der Waals surface area contributed by atoms with E-state index in [9.17, 15) is 4.79 Å². The number of aromatic nitrogens is 1. The molecule has 1 aromatic rings. The highest BCUT2D eigenvalue weighted by atomic mass is 16.4. The van der Waals surface area contributed by atoms with Crippen molar-refractivity contribution in [2.45, 2.75) is 25.8 Å². The molecule has 1 aliphatic heterocycles. The lowest BCUT2D eigenvalue weighted by Gasteiger charge is -2.30. The summed E-state index contributed by atoms with van der Waals surface area (Å²) < 4.78 is 0. The molecule has 0 aliphatic carbocycles. The molecule has 1 aliphatic rings. The van der Waals surface area contributed by atoms with Gasteiger partial charge in [-0.2, -0.15) is 0 Å². The van der Waals surface area contributed by atoms with E-state index in [1.807, 2.05) is 25.1 Å². The highest BCUT2D eigenvalue weighted by molar-refractivity contribution is 5.65. The van der Waals surface area contributed by atoms with Crippen LogP contribution in [0.3, 0.4) is 0 Å². The molecule has 0 spiro atoms. The van der Waals surface area contributed by atoms with Gasteiger partial charge in [0.15, 0.2) is 0 Å². The first-order valence-electron chi connectivity index (χ1n) is 5.83. The van der Waals surface area contributed by atoms with E-state index in [0.717, 1.165) is 24.4 Å². The number of carboxylic acid groups (broad SMARTS) is 1. The molecule has 0 radical (unpaired) electrons. The minimum Gasteiger partial charge on any atom is -0.465 e. The van der Waals surface area contributed by atoms with Crippen LogP contribution in [-0.2, 0) is 0 Å². The summed E-state index contributed by atoms with van der Waals surface area (Å²) in [6.45, 7) is 3.15. The van der Waals surface area contributed by atoms with Crippen molar-refractivity contribution in [1.82, 2.24) is 9.88 Å². The van der Waals surface area contributed by atoms with Gasteiger partial charge in [-0.25, -0.2) is 9.78 Å². The Balaban J connectivity index is 1.88. The van der Waals surface area contributed by atoms with Crippen molar-refractivity contribution >= 4 is 11.9 Å². The fraction of sp³-hybridized carbons (Fsp3) is 0.500. The summed E-state index contributed by atoms with van der Waals surface area (Å²) in [5.41, 5.74) is 0.984. The van der Waals surface area contributed by atoms with Gasteiger partial charge in [-0.1, -0.05) is 6.07 Å². The summed E-state index contributed by atoms with van der Waals surface area (Å²) in [7, 11) is 0. The summed E-state index contributed by atoms with van der Waals surface area (Å²) >= 11 is 0. The van der Waals surface area contributed by atoms with Crippen LogP contribution in [0.15, 0.2) is 18.2 Å². The third-order valence-electron chi connectivity index (χ3n) is 3.01. The largest absolute Gasteiger partial charge is 0.465 e. The molecule has 5 nitrogen and oxygen atoms in total. The number of nitrogens with one attached hydrogen (secondary N) is 1. The summed E-state index contributed by atoms with van der Waals surface area (Å²) in [6, 6.07) is 6.19. The van der Waals surface area contributed by atoms with E-state index in [0.29, 0.717) is 19.1 Å². The van der Waals surface area contributed by atoms with E-state index in [1.54, 1.807) is 0 Å². The third-order valence-corrected chi connectivity index (χ3v) is 3.01. The van der Waals surface area contributed by atoms with Gasteiger partial charge in [-0.05, 0) is 31.9 Å². The average Bonchev–Trinajstić information content (AvgIpc) is 2.29. The molecule has 1 amide bonds. The smallest absolute Gasteiger partial charge is 0.407 e. The van der Waals surface area contributed by atoms with Crippen LogP contribution < -0.4 is 5.32 Å². The first kappa shape index (κ1) is 11.7. The molecule has 2 N–H and O–H groups in total. The molecule has 2 heterocycles. The number of amides is 1. The summed E-state index contributed by atoms with van der Waals surface area (Å²) in [5.74, 6) is 0.874. The molecule has 0 unspecified atom stereocenters. The van der Waals surface area contributed by atoms with Crippen molar-refractivity contribution in [3.05, 3.63) is 23.9 Å². The number of hydrogen-bond donors (Lipinski definition) is 2. The van der Waals surface area contributed by atoms with Crippen molar-refractivity contribution < 1.29 is 9.90 Å². The van der Waals surface area contributed by atoms with Crippen LogP contribution in [0.5, 0.6) is 0 Å². The number of carbonyl (C=O) groups is 1. The summed E-state index contributed by atoms with van der Waals surface area (Å²) in [4.78, 5) is 16.6. The zero-order chi connectivity index (χ0) is 12.3. The Morgan fingerprint density at radius 3 is 2.76 bits per heavy atom. The van der Waals surface area contributed by atoms with Crippen LogP contribution in [0.2, 0.25) is 0 Å². The Bertz CT molecular complexity index is 400. The van der Waals surface area contributed by atoms with Crippen LogP contribution in [0.1, 0.15) is 18.5 Å². The number of pyridine rings is 1. The Hall–Kier alpha value is -1.78. The highest BCUT2D eigenvalue weighted by Gasteiger charge is 2.22. The van der Waals surface area contributed by atoms with Crippen molar-refractivity contribution in [2.75, 3.05) is 18.4 Å². The Morgan fingerprint density at radius 2 is 2.18 bits per heavy atom. The molecule has 0 atom stereocenters. The van der Waals surface area contributed by atoms with Gasteiger partial charge in [0, 0.05) is 24.8 Å². The van der Waals surface area contributed by atoms with Crippen LogP contribution in [0.4, 0.5) is 10.6 Å². The monoisotopic (exact) mass is 235 g/mol. The first-order chi connectivity index (χ1) is 8.15. The number of aryl methyl sites for hydroxylation is 1.